The summed E-state index contributed by atoms with van der Waals surface area (Å²) in [5.41, 5.74) is 1.65. The van der Waals surface area contributed by atoms with Gasteiger partial charge in [-0.25, -0.2) is 0 Å². The zero-order chi connectivity index (χ0) is 18.4. The van der Waals surface area contributed by atoms with E-state index in [2.05, 4.69) is 19.4 Å². The zero-order valence-corrected chi connectivity index (χ0v) is 16.5. The fraction of sp³-hybridized carbons (Fsp3) is 0.316. The van der Waals surface area contributed by atoms with E-state index >= 15 is 0 Å². The Hall–Kier alpha value is -1.69. The van der Waals surface area contributed by atoms with Gasteiger partial charge in [-0.15, -0.1) is 11.8 Å². The predicted octanol–water partition coefficient (Wildman–Crippen LogP) is 2.69. The van der Waals surface area contributed by atoms with Crippen LogP contribution in [0.3, 0.4) is 0 Å². The summed E-state index contributed by atoms with van der Waals surface area (Å²) < 4.78 is 5.21. The molecule has 4 nitrogen and oxygen atoms in total. The molecule has 0 saturated heterocycles. The molecule has 2 rings (SSSR count). The normalized spacial score (nSPS) is 12.1. The van der Waals surface area contributed by atoms with E-state index in [4.69, 9.17) is 16.3 Å². The highest BCUT2D eigenvalue weighted by atomic mass is 35.5. The highest BCUT2D eigenvalue weighted by Crippen LogP contribution is 2.23. The maximum Gasteiger partial charge on any atom is 0.253 e. The van der Waals surface area contributed by atoms with Gasteiger partial charge in [-0.2, -0.15) is 0 Å². The fourth-order valence-corrected chi connectivity index (χ4v) is 3.23. The number of amides is 1. The van der Waals surface area contributed by atoms with Crippen molar-refractivity contribution in [1.82, 2.24) is 5.32 Å². The smallest absolute Gasteiger partial charge is 0.253 e. The van der Waals surface area contributed by atoms with Crippen molar-refractivity contribution in [1.29, 1.82) is 0 Å². The summed E-state index contributed by atoms with van der Waals surface area (Å²) in [4.78, 5) is 14.8. The van der Waals surface area contributed by atoms with Crippen LogP contribution >= 0.6 is 23.4 Å². The summed E-state index contributed by atoms with van der Waals surface area (Å²) >= 11 is 7.77. The molecule has 0 aromatic heterocycles. The van der Waals surface area contributed by atoms with Crippen molar-refractivity contribution in [2.75, 3.05) is 34.0 Å². The lowest BCUT2D eigenvalue weighted by atomic mass is 10.1. The Morgan fingerprint density at radius 1 is 1.24 bits per heavy atom. The third kappa shape index (κ3) is 5.14. The number of rotatable bonds is 7. The monoisotopic (exact) mass is 379 g/mol. The highest BCUT2D eigenvalue weighted by Gasteiger charge is 2.20. The first kappa shape index (κ1) is 19.6. The molecule has 0 aliphatic rings. The molecule has 0 saturated carbocycles. The van der Waals surface area contributed by atoms with Crippen molar-refractivity contribution < 1.29 is 14.4 Å². The predicted molar refractivity (Wildman–Crippen MR) is 104 cm³/mol. The summed E-state index contributed by atoms with van der Waals surface area (Å²) in [6, 6.07) is 13.6. The molecule has 0 aliphatic carbocycles. The summed E-state index contributed by atoms with van der Waals surface area (Å²) in [7, 11) is 5.79. The average molecular weight is 380 g/mol. The van der Waals surface area contributed by atoms with Crippen LogP contribution in [0.4, 0.5) is 0 Å². The Morgan fingerprint density at radius 3 is 2.48 bits per heavy atom. The van der Waals surface area contributed by atoms with Crippen molar-refractivity contribution in [3.05, 3.63) is 58.6 Å². The fourth-order valence-electron chi connectivity index (χ4n) is 2.59. The van der Waals surface area contributed by atoms with Gasteiger partial charge in [0.25, 0.3) is 5.91 Å². The number of carbonyl (C=O) groups excluding carboxylic acids is 1. The summed E-state index contributed by atoms with van der Waals surface area (Å²) in [6.07, 6.45) is 1.97. The van der Waals surface area contributed by atoms with Gasteiger partial charge in [-0.3, -0.25) is 4.79 Å². The minimum Gasteiger partial charge on any atom is -0.497 e. The lowest BCUT2D eigenvalue weighted by Gasteiger charge is -2.22. The molecular weight excluding hydrogens is 356 g/mol. The van der Waals surface area contributed by atoms with Crippen LogP contribution in [-0.2, 0) is 0 Å². The number of likely N-dealkylation sites (N-methyl/N-ethyl adjacent to an activating group) is 1. The van der Waals surface area contributed by atoms with Gasteiger partial charge >= 0.3 is 0 Å². The lowest BCUT2D eigenvalue weighted by molar-refractivity contribution is -0.890. The number of ether oxygens (including phenoxy) is 1. The van der Waals surface area contributed by atoms with Crippen molar-refractivity contribution >= 4 is 29.3 Å². The van der Waals surface area contributed by atoms with E-state index in [1.807, 2.05) is 42.7 Å². The molecule has 0 bridgehead atoms. The Labute approximate surface area is 158 Å². The van der Waals surface area contributed by atoms with Crippen molar-refractivity contribution in [3.63, 3.8) is 0 Å². The SMILES string of the molecule is COc1ccc([C@H](CNC(=O)c2cc(SC)ccc2Cl)[NH+](C)C)cc1. The van der Waals surface area contributed by atoms with Crippen LogP contribution in [0.2, 0.25) is 5.02 Å². The summed E-state index contributed by atoms with van der Waals surface area (Å²) in [5.74, 6) is 0.668. The Bertz CT molecular complexity index is 720. The number of benzene rings is 2. The molecule has 0 unspecified atom stereocenters. The van der Waals surface area contributed by atoms with Gasteiger partial charge < -0.3 is 15.0 Å². The van der Waals surface area contributed by atoms with Gasteiger partial charge in [-0.1, -0.05) is 11.6 Å². The molecule has 0 heterocycles. The van der Waals surface area contributed by atoms with Crippen molar-refractivity contribution in [3.8, 4) is 5.75 Å². The minimum absolute atomic E-state index is 0.136. The molecule has 0 fully saturated rings. The maximum atomic E-state index is 12.6. The van der Waals surface area contributed by atoms with Crippen LogP contribution < -0.4 is 15.0 Å². The molecule has 0 radical (unpaired) electrons. The van der Waals surface area contributed by atoms with E-state index in [1.165, 1.54) is 4.90 Å². The first-order valence-electron chi connectivity index (χ1n) is 8.02. The lowest BCUT2D eigenvalue weighted by Crippen LogP contribution is -3.07. The third-order valence-corrected chi connectivity index (χ3v) is 5.15. The molecule has 1 atom stereocenters. The van der Waals surface area contributed by atoms with Gasteiger partial charge in [0.1, 0.15) is 11.8 Å². The largest absolute Gasteiger partial charge is 0.497 e. The number of quaternary nitrogens is 1. The minimum atomic E-state index is -0.152. The quantitative estimate of drug-likeness (QED) is 0.727. The standard InChI is InChI=1S/C19H23ClN2O2S/c1-22(2)18(13-5-7-14(24-3)8-6-13)12-21-19(23)16-11-15(25-4)9-10-17(16)20/h5-11,18H,12H2,1-4H3,(H,21,23)/p+1/t18-/m0/s1. The second-order valence-electron chi connectivity index (χ2n) is 5.96. The molecule has 0 spiro atoms. The van der Waals surface area contributed by atoms with Gasteiger partial charge in [0.15, 0.2) is 0 Å². The van der Waals surface area contributed by atoms with Crippen LogP contribution in [0.1, 0.15) is 22.0 Å². The van der Waals surface area contributed by atoms with Gasteiger partial charge in [-0.05, 0) is 48.7 Å². The van der Waals surface area contributed by atoms with Crippen LogP contribution in [0, 0.1) is 0 Å². The number of halogens is 1. The molecule has 2 N–H and O–H groups in total. The topological polar surface area (TPSA) is 42.8 Å². The van der Waals surface area contributed by atoms with E-state index in [0.29, 0.717) is 17.1 Å². The molecule has 25 heavy (non-hydrogen) atoms. The first-order valence-corrected chi connectivity index (χ1v) is 9.62. The van der Waals surface area contributed by atoms with E-state index in [9.17, 15) is 4.79 Å². The van der Waals surface area contributed by atoms with Crippen molar-refractivity contribution in [2.24, 2.45) is 0 Å². The molecule has 2 aromatic carbocycles. The van der Waals surface area contributed by atoms with Gasteiger partial charge in [0.2, 0.25) is 0 Å². The molecule has 6 heteroatoms. The zero-order valence-electron chi connectivity index (χ0n) is 14.9. The number of hydrogen-bond donors (Lipinski definition) is 2. The summed E-state index contributed by atoms with van der Waals surface area (Å²) in [5, 5.41) is 3.48. The maximum absolute atomic E-state index is 12.6. The average Bonchev–Trinajstić information content (AvgIpc) is 2.62. The van der Waals surface area contributed by atoms with Crippen LogP contribution in [0.15, 0.2) is 47.4 Å². The second kappa shape index (κ2) is 9.13. The number of thioether (sulfide) groups is 1. The first-order chi connectivity index (χ1) is 12.0. The third-order valence-electron chi connectivity index (χ3n) is 4.10. The van der Waals surface area contributed by atoms with E-state index in [-0.39, 0.29) is 11.9 Å². The molecule has 2 aromatic rings. The van der Waals surface area contributed by atoms with Crippen LogP contribution in [-0.4, -0.2) is 39.9 Å². The molecule has 1 amide bonds. The summed E-state index contributed by atoms with van der Waals surface area (Å²) in [6.45, 7) is 0.521. The highest BCUT2D eigenvalue weighted by molar-refractivity contribution is 7.98. The van der Waals surface area contributed by atoms with Crippen LogP contribution in [0.5, 0.6) is 5.75 Å². The molecule has 0 aliphatic heterocycles. The van der Waals surface area contributed by atoms with Gasteiger partial charge in [0, 0.05) is 10.5 Å². The van der Waals surface area contributed by atoms with Crippen molar-refractivity contribution in [2.45, 2.75) is 10.9 Å². The van der Waals surface area contributed by atoms with Crippen LogP contribution in [0.25, 0.3) is 0 Å². The Balaban J connectivity index is 2.11. The van der Waals surface area contributed by atoms with E-state index in [1.54, 1.807) is 24.9 Å². The molecule has 134 valence electrons. The Morgan fingerprint density at radius 2 is 1.92 bits per heavy atom. The van der Waals surface area contributed by atoms with Gasteiger partial charge in [0.05, 0.1) is 38.3 Å². The number of hydrogen-bond acceptors (Lipinski definition) is 3. The van der Waals surface area contributed by atoms with E-state index < -0.39 is 0 Å². The Kier molecular flexibility index (Phi) is 7.17. The van der Waals surface area contributed by atoms with E-state index in [0.717, 1.165) is 16.2 Å². The number of carbonyl (C=O) groups is 1. The number of methoxy groups -OCH3 is 1. The second-order valence-corrected chi connectivity index (χ2v) is 7.25. The molecular formula is C19H24ClN2O2S+. The number of nitrogens with one attached hydrogen (secondary N) is 2.